The minimum Gasteiger partial charge on any atom is -0.504 e. The van der Waals surface area contributed by atoms with Crippen molar-refractivity contribution < 1.29 is 14.9 Å². The second kappa shape index (κ2) is 9.65. The van der Waals surface area contributed by atoms with Crippen LogP contribution in [0, 0.1) is 0 Å². The Labute approximate surface area is 122 Å². The molecule has 0 saturated carbocycles. The molecule has 1 aromatic carbocycles. The lowest BCUT2D eigenvalue weighted by molar-refractivity contribution is 0.163. The van der Waals surface area contributed by atoms with Gasteiger partial charge in [0.25, 0.3) is 0 Å². The fraction of sp³-hybridized carbons (Fsp3) is 0.647. The summed E-state index contributed by atoms with van der Waals surface area (Å²) in [6.45, 7) is 2.22. The van der Waals surface area contributed by atoms with Crippen LogP contribution in [0.2, 0.25) is 0 Å². The van der Waals surface area contributed by atoms with Crippen molar-refractivity contribution in [2.24, 2.45) is 0 Å². The van der Waals surface area contributed by atoms with Crippen molar-refractivity contribution >= 4 is 0 Å². The molecule has 0 saturated heterocycles. The topological polar surface area (TPSA) is 49.7 Å². The minimum atomic E-state index is -0.472. The van der Waals surface area contributed by atoms with E-state index in [1.807, 2.05) is 0 Å². The van der Waals surface area contributed by atoms with Crippen LogP contribution in [0.15, 0.2) is 18.2 Å². The molecule has 0 aliphatic carbocycles. The molecule has 0 bridgehead atoms. The highest BCUT2D eigenvalue weighted by Crippen LogP contribution is 2.30. The summed E-state index contributed by atoms with van der Waals surface area (Å²) in [4.78, 5) is 0. The van der Waals surface area contributed by atoms with Crippen LogP contribution in [0.1, 0.15) is 70.0 Å². The SMILES string of the molecule is CCCCCCCCCC(O)c1ccc(O)c(OC)c1. The Morgan fingerprint density at radius 2 is 1.70 bits per heavy atom. The van der Waals surface area contributed by atoms with E-state index in [0.29, 0.717) is 5.75 Å². The summed E-state index contributed by atoms with van der Waals surface area (Å²) >= 11 is 0. The van der Waals surface area contributed by atoms with Crippen LogP contribution < -0.4 is 4.74 Å². The third-order valence-corrected chi connectivity index (χ3v) is 3.67. The van der Waals surface area contributed by atoms with Gasteiger partial charge < -0.3 is 14.9 Å². The Kier molecular flexibility index (Phi) is 8.12. The van der Waals surface area contributed by atoms with Crippen molar-refractivity contribution in [2.75, 3.05) is 7.11 Å². The molecule has 1 unspecified atom stereocenters. The molecule has 1 rings (SSSR count). The molecule has 0 radical (unpaired) electrons. The highest BCUT2D eigenvalue weighted by atomic mass is 16.5. The number of hydrogen-bond donors (Lipinski definition) is 2. The third kappa shape index (κ3) is 5.83. The second-order valence-electron chi connectivity index (χ2n) is 5.36. The molecular formula is C17H28O3. The maximum absolute atomic E-state index is 10.1. The Morgan fingerprint density at radius 3 is 2.35 bits per heavy atom. The molecule has 3 heteroatoms. The Morgan fingerprint density at radius 1 is 1.05 bits per heavy atom. The molecule has 0 aliphatic heterocycles. The van der Waals surface area contributed by atoms with Crippen LogP contribution in [-0.2, 0) is 0 Å². The van der Waals surface area contributed by atoms with Crippen molar-refractivity contribution in [3.05, 3.63) is 23.8 Å². The van der Waals surface area contributed by atoms with Crippen molar-refractivity contribution in [1.29, 1.82) is 0 Å². The lowest BCUT2D eigenvalue weighted by Gasteiger charge is -2.13. The molecule has 1 aromatic rings. The summed E-state index contributed by atoms with van der Waals surface area (Å²) < 4.78 is 5.06. The molecule has 1 atom stereocenters. The monoisotopic (exact) mass is 280 g/mol. The first-order chi connectivity index (χ1) is 9.69. The van der Waals surface area contributed by atoms with E-state index in [1.54, 1.807) is 18.2 Å². The predicted octanol–water partition coefficient (Wildman–Crippen LogP) is 4.57. The first-order valence-electron chi connectivity index (χ1n) is 7.74. The van der Waals surface area contributed by atoms with Gasteiger partial charge in [-0.15, -0.1) is 0 Å². The molecule has 0 amide bonds. The van der Waals surface area contributed by atoms with Gasteiger partial charge in [0.2, 0.25) is 0 Å². The molecule has 3 nitrogen and oxygen atoms in total. The fourth-order valence-corrected chi connectivity index (χ4v) is 2.36. The van der Waals surface area contributed by atoms with Crippen molar-refractivity contribution in [2.45, 2.75) is 64.4 Å². The smallest absolute Gasteiger partial charge is 0.160 e. The Bertz CT molecular complexity index is 376. The van der Waals surface area contributed by atoms with Gasteiger partial charge >= 0.3 is 0 Å². The van der Waals surface area contributed by atoms with E-state index in [0.717, 1.165) is 18.4 Å². The average molecular weight is 280 g/mol. The number of methoxy groups -OCH3 is 1. The highest BCUT2D eigenvalue weighted by Gasteiger charge is 2.10. The minimum absolute atomic E-state index is 0.111. The van der Waals surface area contributed by atoms with Crippen LogP contribution in [0.4, 0.5) is 0 Å². The van der Waals surface area contributed by atoms with Crippen LogP contribution in [0.25, 0.3) is 0 Å². The largest absolute Gasteiger partial charge is 0.504 e. The predicted molar refractivity (Wildman–Crippen MR) is 82.2 cm³/mol. The van der Waals surface area contributed by atoms with Crippen molar-refractivity contribution in [3.63, 3.8) is 0 Å². The van der Waals surface area contributed by atoms with E-state index in [4.69, 9.17) is 4.74 Å². The van der Waals surface area contributed by atoms with E-state index in [2.05, 4.69) is 6.92 Å². The molecule has 20 heavy (non-hydrogen) atoms. The van der Waals surface area contributed by atoms with E-state index in [9.17, 15) is 10.2 Å². The number of phenols is 1. The number of ether oxygens (including phenoxy) is 1. The van der Waals surface area contributed by atoms with Crippen molar-refractivity contribution in [1.82, 2.24) is 0 Å². The second-order valence-corrected chi connectivity index (χ2v) is 5.36. The summed E-state index contributed by atoms with van der Waals surface area (Å²) in [5, 5.41) is 19.7. The van der Waals surface area contributed by atoms with Gasteiger partial charge in [-0.05, 0) is 24.1 Å². The van der Waals surface area contributed by atoms with E-state index in [1.165, 1.54) is 45.6 Å². The zero-order valence-corrected chi connectivity index (χ0v) is 12.8. The zero-order valence-electron chi connectivity index (χ0n) is 12.8. The number of aliphatic hydroxyl groups is 1. The highest BCUT2D eigenvalue weighted by molar-refractivity contribution is 5.42. The van der Waals surface area contributed by atoms with Gasteiger partial charge in [0.15, 0.2) is 11.5 Å². The Hall–Kier alpha value is -1.22. The number of hydrogen-bond acceptors (Lipinski definition) is 3. The van der Waals surface area contributed by atoms with Crippen molar-refractivity contribution in [3.8, 4) is 11.5 Å². The van der Waals surface area contributed by atoms with Gasteiger partial charge in [-0.25, -0.2) is 0 Å². The molecule has 114 valence electrons. The average Bonchev–Trinajstić information content (AvgIpc) is 2.46. The lowest BCUT2D eigenvalue weighted by atomic mass is 10.0. The normalized spacial score (nSPS) is 12.3. The Balaban J connectivity index is 2.27. The summed E-state index contributed by atoms with van der Waals surface area (Å²) in [7, 11) is 1.52. The third-order valence-electron chi connectivity index (χ3n) is 3.67. The first kappa shape index (κ1) is 16.8. The molecule has 2 N–H and O–H groups in total. The molecule has 0 fully saturated rings. The molecular weight excluding hydrogens is 252 g/mol. The standard InChI is InChI=1S/C17H28O3/c1-3-4-5-6-7-8-9-10-15(18)14-11-12-16(19)17(13-14)20-2/h11-13,15,18-19H,3-10H2,1-2H3. The van der Waals surface area contributed by atoms with Crippen LogP contribution >= 0.6 is 0 Å². The van der Waals surface area contributed by atoms with Gasteiger partial charge in [-0.3, -0.25) is 0 Å². The number of aliphatic hydroxyl groups excluding tert-OH is 1. The quantitative estimate of drug-likeness (QED) is 0.617. The van der Waals surface area contributed by atoms with Crippen LogP contribution in [-0.4, -0.2) is 17.3 Å². The van der Waals surface area contributed by atoms with Crippen LogP contribution in [0.5, 0.6) is 11.5 Å². The number of rotatable bonds is 10. The maximum Gasteiger partial charge on any atom is 0.160 e. The summed E-state index contributed by atoms with van der Waals surface area (Å²) in [5.41, 5.74) is 0.811. The van der Waals surface area contributed by atoms with E-state index < -0.39 is 6.10 Å². The maximum atomic E-state index is 10.1. The zero-order chi connectivity index (χ0) is 14.8. The van der Waals surface area contributed by atoms with Gasteiger partial charge in [0.05, 0.1) is 13.2 Å². The molecule has 0 aliphatic rings. The number of aromatic hydroxyl groups is 1. The van der Waals surface area contributed by atoms with Gasteiger partial charge in [0.1, 0.15) is 0 Å². The lowest BCUT2D eigenvalue weighted by Crippen LogP contribution is -1.98. The van der Waals surface area contributed by atoms with Crippen LogP contribution in [0.3, 0.4) is 0 Å². The summed E-state index contributed by atoms with van der Waals surface area (Å²) in [5.74, 6) is 0.528. The van der Waals surface area contributed by atoms with E-state index >= 15 is 0 Å². The first-order valence-corrected chi connectivity index (χ1v) is 7.74. The molecule has 0 heterocycles. The van der Waals surface area contributed by atoms with E-state index in [-0.39, 0.29) is 5.75 Å². The van der Waals surface area contributed by atoms with Gasteiger partial charge in [-0.1, -0.05) is 57.9 Å². The number of phenolic OH excluding ortho intramolecular Hbond substituents is 1. The number of benzene rings is 1. The fourth-order valence-electron chi connectivity index (χ4n) is 2.36. The molecule has 0 aromatic heterocycles. The van der Waals surface area contributed by atoms with Gasteiger partial charge in [-0.2, -0.15) is 0 Å². The molecule has 0 spiro atoms. The number of unbranched alkanes of at least 4 members (excludes halogenated alkanes) is 6. The van der Waals surface area contributed by atoms with Gasteiger partial charge in [0, 0.05) is 0 Å². The summed E-state index contributed by atoms with van der Waals surface area (Å²) in [6.07, 6.45) is 9.00. The summed E-state index contributed by atoms with van der Waals surface area (Å²) in [6, 6.07) is 5.03.